The van der Waals surface area contributed by atoms with E-state index in [2.05, 4.69) is 22.6 Å². The molecule has 76 valence electrons. The van der Waals surface area contributed by atoms with Crippen LogP contribution in [-0.2, 0) is 4.74 Å². The van der Waals surface area contributed by atoms with Gasteiger partial charge in [-0.15, -0.1) is 0 Å². The van der Waals surface area contributed by atoms with E-state index in [1.807, 2.05) is 6.92 Å². The first kappa shape index (κ1) is 10.2. The molecule has 13 heavy (non-hydrogen) atoms. The van der Waals surface area contributed by atoms with Gasteiger partial charge in [0.15, 0.2) is 0 Å². The lowest BCUT2D eigenvalue weighted by molar-refractivity contribution is 0.151. The average molecular weight is 296 g/mol. The van der Waals surface area contributed by atoms with E-state index >= 15 is 0 Å². The van der Waals surface area contributed by atoms with E-state index in [-0.39, 0.29) is 0 Å². The first-order chi connectivity index (χ1) is 6.04. The zero-order valence-corrected chi connectivity index (χ0v) is 10.2. The van der Waals surface area contributed by atoms with Crippen LogP contribution in [0.4, 0.5) is 0 Å². The van der Waals surface area contributed by atoms with Gasteiger partial charge in [-0.2, -0.15) is 0 Å². The van der Waals surface area contributed by atoms with Crippen molar-refractivity contribution in [2.24, 2.45) is 5.92 Å². The maximum Gasteiger partial charge on any atom is 0.113 e. The average Bonchev–Trinajstić information content (AvgIpc) is 2.76. The van der Waals surface area contributed by atoms with Crippen LogP contribution in [0.3, 0.4) is 0 Å². The van der Waals surface area contributed by atoms with Crippen molar-refractivity contribution in [3.63, 3.8) is 0 Å². The molecule has 1 saturated carbocycles. The third kappa shape index (κ3) is 3.06. The fourth-order valence-corrected chi connectivity index (χ4v) is 2.53. The molecule has 0 bridgehead atoms. The fraction of sp³-hybridized carbons (Fsp3) is 1.00. The van der Waals surface area contributed by atoms with Gasteiger partial charge in [-0.25, -0.2) is 0 Å². The highest BCUT2D eigenvalue weighted by molar-refractivity contribution is 14.1. The third-order valence-corrected chi connectivity index (χ3v) is 3.66. The van der Waals surface area contributed by atoms with Crippen LogP contribution in [-0.4, -0.2) is 20.9 Å². The molecule has 0 radical (unpaired) electrons. The van der Waals surface area contributed by atoms with Gasteiger partial charge in [0.05, 0.1) is 12.2 Å². The van der Waals surface area contributed by atoms with E-state index in [1.165, 1.54) is 19.3 Å². The lowest BCUT2D eigenvalue weighted by Crippen LogP contribution is -2.19. The Morgan fingerprint density at radius 3 is 2.85 bits per heavy atom. The van der Waals surface area contributed by atoms with Gasteiger partial charge >= 0.3 is 0 Å². The van der Waals surface area contributed by atoms with Crippen molar-refractivity contribution in [1.82, 2.24) is 0 Å². The molecular weight excluding hydrogens is 279 g/mol. The molecule has 0 aromatic carbocycles. The lowest BCUT2D eigenvalue weighted by Gasteiger charge is -2.22. The Kier molecular flexibility index (Phi) is 2.87. The summed E-state index contributed by atoms with van der Waals surface area (Å²) in [6.45, 7) is 1.88. The van der Waals surface area contributed by atoms with Crippen LogP contribution in [0.1, 0.15) is 39.0 Å². The van der Waals surface area contributed by atoms with Crippen LogP contribution >= 0.6 is 22.6 Å². The van der Waals surface area contributed by atoms with E-state index < -0.39 is 3.61 Å². The predicted octanol–water partition coefficient (Wildman–Crippen LogP) is 2.48. The maximum atomic E-state index is 9.58. The van der Waals surface area contributed by atoms with Gasteiger partial charge in [0.2, 0.25) is 0 Å². The number of hydrogen-bond donors (Lipinski definition) is 1. The van der Waals surface area contributed by atoms with Crippen molar-refractivity contribution in [3.8, 4) is 0 Å². The van der Waals surface area contributed by atoms with Gasteiger partial charge in [0, 0.05) is 0 Å². The standard InChI is InChI=1S/C10H17IO2/c1-10(11,12)5-4-7-2-3-8-9(6-7)13-8/h7-9,12H,2-6H2,1H3. The molecule has 2 nitrogen and oxygen atoms in total. The number of alkyl halides is 1. The van der Waals surface area contributed by atoms with Crippen molar-refractivity contribution < 1.29 is 9.84 Å². The quantitative estimate of drug-likeness (QED) is 0.493. The summed E-state index contributed by atoms with van der Waals surface area (Å²) in [6, 6.07) is 0. The van der Waals surface area contributed by atoms with Crippen LogP contribution in [0.5, 0.6) is 0 Å². The Morgan fingerprint density at radius 1 is 1.46 bits per heavy atom. The van der Waals surface area contributed by atoms with E-state index in [0.29, 0.717) is 12.2 Å². The second kappa shape index (κ2) is 3.66. The molecule has 2 aliphatic rings. The topological polar surface area (TPSA) is 32.8 Å². The van der Waals surface area contributed by atoms with Gasteiger partial charge in [0.25, 0.3) is 0 Å². The van der Waals surface area contributed by atoms with Gasteiger partial charge in [-0.3, -0.25) is 0 Å². The molecule has 2 fully saturated rings. The number of rotatable bonds is 3. The zero-order chi connectivity index (χ0) is 9.47. The number of hydrogen-bond acceptors (Lipinski definition) is 2. The van der Waals surface area contributed by atoms with Gasteiger partial charge in [-0.1, -0.05) is 0 Å². The first-order valence-electron chi connectivity index (χ1n) is 5.11. The minimum Gasteiger partial charge on any atom is -0.380 e. The minimum absolute atomic E-state index is 0.515. The van der Waals surface area contributed by atoms with Crippen LogP contribution in [0.15, 0.2) is 0 Å². The molecule has 4 atom stereocenters. The van der Waals surface area contributed by atoms with Crippen LogP contribution in [0, 0.1) is 5.92 Å². The highest BCUT2D eigenvalue weighted by Gasteiger charge is 2.43. The molecule has 0 aromatic rings. The molecule has 0 aromatic heterocycles. The van der Waals surface area contributed by atoms with E-state index in [4.69, 9.17) is 4.74 Å². The molecule has 3 heteroatoms. The Hall–Kier alpha value is 0.650. The van der Waals surface area contributed by atoms with Gasteiger partial charge < -0.3 is 9.84 Å². The first-order valence-corrected chi connectivity index (χ1v) is 6.19. The summed E-state index contributed by atoms with van der Waals surface area (Å²) in [7, 11) is 0. The molecule has 2 rings (SSSR count). The van der Waals surface area contributed by atoms with Crippen LogP contribution in [0.25, 0.3) is 0 Å². The molecule has 1 saturated heterocycles. The Labute approximate surface area is 93.2 Å². The van der Waals surface area contributed by atoms with Crippen molar-refractivity contribution >= 4 is 22.6 Å². The van der Waals surface area contributed by atoms with E-state index in [0.717, 1.165) is 18.8 Å². The SMILES string of the molecule is CC(O)(I)CCC1CCC2OC2C1. The monoisotopic (exact) mass is 296 g/mol. The second-order valence-electron chi connectivity index (χ2n) is 4.57. The van der Waals surface area contributed by atoms with Crippen molar-refractivity contribution in [2.75, 3.05) is 0 Å². The van der Waals surface area contributed by atoms with Crippen molar-refractivity contribution in [3.05, 3.63) is 0 Å². The summed E-state index contributed by atoms with van der Waals surface area (Å²) in [5.74, 6) is 0.796. The lowest BCUT2D eigenvalue weighted by atomic mass is 9.85. The largest absolute Gasteiger partial charge is 0.380 e. The van der Waals surface area contributed by atoms with Crippen molar-refractivity contribution in [2.45, 2.75) is 54.8 Å². The van der Waals surface area contributed by atoms with Crippen LogP contribution < -0.4 is 0 Å². The highest BCUT2D eigenvalue weighted by atomic mass is 127. The Bertz CT molecular complexity index is 188. The fourth-order valence-electron chi connectivity index (χ4n) is 2.22. The summed E-state index contributed by atoms with van der Waals surface area (Å²) in [5.41, 5.74) is 0. The second-order valence-corrected chi connectivity index (χ2v) is 6.90. The number of aliphatic hydroxyl groups is 1. The zero-order valence-electron chi connectivity index (χ0n) is 8.00. The number of halogens is 1. The van der Waals surface area contributed by atoms with Gasteiger partial charge in [-0.05, 0) is 67.5 Å². The highest BCUT2D eigenvalue weighted by Crippen LogP contribution is 2.41. The molecule has 1 aliphatic heterocycles. The molecule has 4 unspecified atom stereocenters. The number of epoxide rings is 1. The van der Waals surface area contributed by atoms with E-state index in [1.54, 1.807) is 0 Å². The molecule has 0 amide bonds. The minimum atomic E-state index is -0.515. The number of ether oxygens (including phenoxy) is 1. The number of fused-ring (bicyclic) bond motifs is 1. The summed E-state index contributed by atoms with van der Waals surface area (Å²) in [5, 5.41) is 9.58. The molecule has 1 N–H and O–H groups in total. The van der Waals surface area contributed by atoms with Crippen molar-refractivity contribution in [1.29, 1.82) is 0 Å². The molecule has 1 aliphatic carbocycles. The molecular formula is C10H17IO2. The summed E-state index contributed by atoms with van der Waals surface area (Å²) in [4.78, 5) is 0. The summed E-state index contributed by atoms with van der Waals surface area (Å²) < 4.78 is 4.96. The molecule has 1 heterocycles. The smallest absolute Gasteiger partial charge is 0.113 e. The van der Waals surface area contributed by atoms with Crippen LogP contribution in [0.2, 0.25) is 0 Å². The summed E-state index contributed by atoms with van der Waals surface area (Å²) >= 11 is 2.11. The normalized spacial score (nSPS) is 42.2. The Morgan fingerprint density at radius 2 is 2.23 bits per heavy atom. The molecule has 0 spiro atoms. The van der Waals surface area contributed by atoms with E-state index in [9.17, 15) is 5.11 Å². The Balaban J connectivity index is 1.70. The third-order valence-electron chi connectivity index (χ3n) is 3.12. The maximum absolute atomic E-state index is 9.58. The van der Waals surface area contributed by atoms with Gasteiger partial charge in [0.1, 0.15) is 3.61 Å². The predicted molar refractivity (Wildman–Crippen MR) is 59.9 cm³/mol. The summed E-state index contributed by atoms with van der Waals surface area (Å²) in [6.07, 6.45) is 7.04.